The molecule has 1 fully saturated rings. The monoisotopic (exact) mass is 437 g/mol. The summed E-state index contributed by atoms with van der Waals surface area (Å²) in [6, 6.07) is 3.18. The molecule has 2 aromatic heterocycles. The highest BCUT2D eigenvalue weighted by molar-refractivity contribution is 7.93. The van der Waals surface area contributed by atoms with Crippen molar-refractivity contribution in [1.29, 1.82) is 0 Å². The van der Waals surface area contributed by atoms with Crippen LogP contribution in [0.4, 0.5) is 5.82 Å². The molecule has 156 valence electrons. The smallest absolute Gasteiger partial charge is 0.303 e. The average Bonchev–Trinajstić information content (AvgIpc) is 3.22. The summed E-state index contributed by atoms with van der Waals surface area (Å²) >= 11 is 0. The number of hydrogen-bond acceptors (Lipinski definition) is 7. The van der Waals surface area contributed by atoms with Crippen LogP contribution in [0.25, 0.3) is 0 Å². The van der Waals surface area contributed by atoms with Crippen LogP contribution in [0.5, 0.6) is 0 Å². The van der Waals surface area contributed by atoms with Crippen molar-refractivity contribution in [2.75, 3.05) is 35.8 Å². The number of imidazole rings is 1. The number of carbonyl (C=O) groups excluding carboxylic acids is 1. The molecule has 4 heterocycles. The summed E-state index contributed by atoms with van der Waals surface area (Å²) in [5, 5.41) is 0. The SMILES string of the molecule is CS(=O)(=O)c1ccc(N2CCCS(=O)(=NC(=O)c3cnc4n3CCC4)CC2)nc1. The number of anilines is 1. The molecule has 0 aliphatic carbocycles. The zero-order valence-electron chi connectivity index (χ0n) is 16.2. The molecule has 2 aromatic rings. The van der Waals surface area contributed by atoms with Crippen LogP contribution in [-0.4, -0.2) is 63.9 Å². The molecule has 0 aromatic carbocycles. The Kier molecular flexibility index (Phi) is 5.19. The summed E-state index contributed by atoms with van der Waals surface area (Å²) < 4.78 is 42.4. The van der Waals surface area contributed by atoms with Crippen molar-refractivity contribution >= 4 is 31.3 Å². The maximum absolute atomic E-state index is 13.3. The van der Waals surface area contributed by atoms with Crippen LogP contribution in [0, 0.1) is 0 Å². The molecule has 1 amide bonds. The van der Waals surface area contributed by atoms with Crippen molar-refractivity contribution in [2.45, 2.75) is 30.7 Å². The number of carbonyl (C=O) groups is 1. The molecule has 1 atom stereocenters. The Morgan fingerprint density at radius 1 is 1.10 bits per heavy atom. The number of pyridine rings is 1. The number of nitrogens with zero attached hydrogens (tertiary/aromatic N) is 5. The number of hydrogen-bond donors (Lipinski definition) is 0. The van der Waals surface area contributed by atoms with Crippen LogP contribution in [-0.2, 0) is 32.5 Å². The zero-order valence-corrected chi connectivity index (χ0v) is 17.8. The summed E-state index contributed by atoms with van der Waals surface area (Å²) in [4.78, 5) is 23.3. The van der Waals surface area contributed by atoms with E-state index < -0.39 is 25.5 Å². The van der Waals surface area contributed by atoms with Gasteiger partial charge in [0.1, 0.15) is 17.3 Å². The molecule has 0 spiro atoms. The fourth-order valence-electron chi connectivity index (χ4n) is 3.67. The van der Waals surface area contributed by atoms with Gasteiger partial charge in [-0.05, 0) is 25.0 Å². The van der Waals surface area contributed by atoms with Gasteiger partial charge in [-0.1, -0.05) is 0 Å². The summed E-state index contributed by atoms with van der Waals surface area (Å²) in [5.74, 6) is 1.65. The highest BCUT2D eigenvalue weighted by atomic mass is 32.2. The molecule has 29 heavy (non-hydrogen) atoms. The van der Waals surface area contributed by atoms with Gasteiger partial charge in [-0.2, -0.15) is 4.36 Å². The van der Waals surface area contributed by atoms with Crippen molar-refractivity contribution in [1.82, 2.24) is 14.5 Å². The lowest BCUT2D eigenvalue weighted by atomic mass is 10.3. The molecule has 2 aliphatic rings. The Hall–Kier alpha value is -2.27. The van der Waals surface area contributed by atoms with Crippen molar-refractivity contribution in [3.8, 4) is 0 Å². The molecule has 1 saturated heterocycles. The minimum Gasteiger partial charge on any atom is -0.356 e. The Balaban J connectivity index is 1.51. The quantitative estimate of drug-likeness (QED) is 0.707. The van der Waals surface area contributed by atoms with Crippen molar-refractivity contribution in [3.05, 3.63) is 36.0 Å². The van der Waals surface area contributed by atoms with Gasteiger partial charge in [0, 0.05) is 50.0 Å². The molecule has 2 aliphatic heterocycles. The van der Waals surface area contributed by atoms with E-state index >= 15 is 0 Å². The van der Waals surface area contributed by atoms with E-state index in [0.29, 0.717) is 36.8 Å². The van der Waals surface area contributed by atoms with E-state index in [1.54, 1.807) is 6.07 Å². The first-order valence-electron chi connectivity index (χ1n) is 9.47. The molecule has 11 heteroatoms. The second kappa shape index (κ2) is 7.52. The second-order valence-corrected chi connectivity index (χ2v) is 11.9. The lowest BCUT2D eigenvalue weighted by molar-refractivity contribution is 0.0996. The maximum Gasteiger partial charge on any atom is 0.303 e. The number of amides is 1. The number of rotatable bonds is 3. The predicted molar refractivity (Wildman–Crippen MR) is 109 cm³/mol. The van der Waals surface area contributed by atoms with Crippen LogP contribution in [0.15, 0.2) is 33.8 Å². The first-order chi connectivity index (χ1) is 13.8. The molecule has 4 rings (SSSR count). The fraction of sp³-hybridized carbons (Fsp3) is 0.500. The van der Waals surface area contributed by atoms with Gasteiger partial charge in [0.05, 0.1) is 20.8 Å². The predicted octanol–water partition coefficient (Wildman–Crippen LogP) is 1.15. The Labute approximate surface area is 170 Å². The summed E-state index contributed by atoms with van der Waals surface area (Å²) in [6.07, 6.45) is 6.41. The largest absolute Gasteiger partial charge is 0.356 e. The van der Waals surface area contributed by atoms with Crippen molar-refractivity contribution in [2.24, 2.45) is 4.36 Å². The molecule has 1 unspecified atom stereocenters. The standard InChI is InChI=1S/C18H23N5O4S2/c1-28(25,26)14-5-6-16(19-12-14)22-7-3-10-29(27,11-9-22)21-18(24)15-13-20-17-4-2-8-23(15)17/h5-6,12-13H,2-4,7-11H2,1H3. The van der Waals surface area contributed by atoms with Crippen LogP contribution >= 0.6 is 0 Å². The molecule has 0 N–H and O–H groups in total. The van der Waals surface area contributed by atoms with Gasteiger partial charge >= 0.3 is 5.91 Å². The zero-order chi connectivity index (χ0) is 20.6. The normalized spacial score (nSPS) is 22.2. The van der Waals surface area contributed by atoms with Gasteiger partial charge in [-0.3, -0.25) is 4.79 Å². The summed E-state index contributed by atoms with van der Waals surface area (Å²) in [6.45, 7) is 1.80. The molecule has 9 nitrogen and oxygen atoms in total. The third kappa shape index (κ3) is 4.20. The number of aryl methyl sites for hydroxylation is 1. The average molecular weight is 438 g/mol. The van der Waals surface area contributed by atoms with Crippen molar-refractivity contribution in [3.63, 3.8) is 0 Å². The Morgan fingerprint density at radius 3 is 2.66 bits per heavy atom. The molecule has 0 radical (unpaired) electrons. The first kappa shape index (κ1) is 20.0. The first-order valence-corrected chi connectivity index (χ1v) is 13.2. The number of aromatic nitrogens is 3. The topological polar surface area (TPSA) is 115 Å². The van der Waals surface area contributed by atoms with Gasteiger partial charge in [-0.25, -0.2) is 22.6 Å². The molecule has 0 saturated carbocycles. The maximum atomic E-state index is 13.3. The van der Waals surface area contributed by atoms with E-state index in [4.69, 9.17) is 0 Å². The lowest BCUT2D eigenvalue weighted by Gasteiger charge is -2.20. The highest BCUT2D eigenvalue weighted by Crippen LogP contribution is 2.20. The van der Waals surface area contributed by atoms with Crippen LogP contribution in [0.1, 0.15) is 29.2 Å². The Morgan fingerprint density at radius 2 is 1.93 bits per heavy atom. The van der Waals surface area contributed by atoms with E-state index in [1.807, 2.05) is 9.47 Å². The van der Waals surface area contributed by atoms with E-state index in [2.05, 4.69) is 14.3 Å². The van der Waals surface area contributed by atoms with Gasteiger partial charge in [0.2, 0.25) is 0 Å². The van der Waals surface area contributed by atoms with E-state index in [1.165, 1.54) is 18.5 Å². The van der Waals surface area contributed by atoms with E-state index in [-0.39, 0.29) is 10.6 Å². The van der Waals surface area contributed by atoms with Gasteiger partial charge in [0.15, 0.2) is 9.84 Å². The van der Waals surface area contributed by atoms with Crippen LogP contribution in [0.3, 0.4) is 0 Å². The minimum atomic E-state index is -3.30. The molecular weight excluding hydrogens is 414 g/mol. The Bertz CT molecular complexity index is 1160. The van der Waals surface area contributed by atoms with E-state index in [9.17, 15) is 17.4 Å². The minimum absolute atomic E-state index is 0.161. The molecular formula is C18H23N5O4S2. The number of fused-ring (bicyclic) bond motifs is 1. The lowest BCUT2D eigenvalue weighted by Crippen LogP contribution is -2.27. The van der Waals surface area contributed by atoms with Crippen molar-refractivity contribution < 1.29 is 17.4 Å². The molecule has 0 bridgehead atoms. The van der Waals surface area contributed by atoms with Crippen LogP contribution in [0.2, 0.25) is 0 Å². The number of sulfone groups is 1. The summed E-state index contributed by atoms with van der Waals surface area (Å²) in [5.41, 5.74) is 0.416. The van der Waals surface area contributed by atoms with E-state index in [0.717, 1.165) is 31.5 Å². The second-order valence-electron chi connectivity index (χ2n) is 7.36. The van der Waals surface area contributed by atoms with Gasteiger partial charge < -0.3 is 9.47 Å². The fourth-order valence-corrected chi connectivity index (χ4v) is 6.10. The van der Waals surface area contributed by atoms with Gasteiger partial charge in [0.25, 0.3) is 0 Å². The highest BCUT2D eigenvalue weighted by Gasteiger charge is 2.24. The van der Waals surface area contributed by atoms with Crippen LogP contribution < -0.4 is 4.90 Å². The van der Waals surface area contributed by atoms with Gasteiger partial charge in [-0.15, -0.1) is 0 Å². The third-order valence-electron chi connectivity index (χ3n) is 5.23. The third-order valence-corrected chi connectivity index (χ3v) is 8.58. The summed E-state index contributed by atoms with van der Waals surface area (Å²) in [7, 11) is -5.97.